The van der Waals surface area contributed by atoms with Crippen molar-refractivity contribution in [3.8, 4) is 0 Å². The van der Waals surface area contributed by atoms with Gasteiger partial charge in [-0.1, -0.05) is 38.1 Å². The van der Waals surface area contributed by atoms with Crippen LogP contribution in [-0.4, -0.2) is 17.1 Å². The van der Waals surface area contributed by atoms with Gasteiger partial charge in [0.2, 0.25) is 5.91 Å². The summed E-state index contributed by atoms with van der Waals surface area (Å²) in [7, 11) is 0. The van der Waals surface area contributed by atoms with Crippen molar-refractivity contribution < 1.29 is 14.0 Å². The van der Waals surface area contributed by atoms with E-state index in [-0.39, 0.29) is 16.7 Å². The van der Waals surface area contributed by atoms with Gasteiger partial charge in [0, 0.05) is 16.3 Å². The zero-order valence-corrected chi connectivity index (χ0v) is 18.5. The molecule has 2 N–H and O–H groups in total. The van der Waals surface area contributed by atoms with Crippen molar-refractivity contribution >= 4 is 35.0 Å². The lowest BCUT2D eigenvalue weighted by molar-refractivity contribution is -0.115. The SMILES string of the molecule is CC(Sc1ccc(NC(=O)c2ccccc2F)cc1)C(=O)Nc1ccc(C(C)C)cc1. The van der Waals surface area contributed by atoms with Crippen LogP contribution in [0.15, 0.2) is 77.7 Å². The third-order valence-electron chi connectivity index (χ3n) is 4.76. The fraction of sp³-hybridized carbons (Fsp3) is 0.200. The van der Waals surface area contributed by atoms with Crippen LogP contribution in [0.1, 0.15) is 42.6 Å². The Bertz CT molecular complexity index is 1050. The van der Waals surface area contributed by atoms with E-state index in [9.17, 15) is 14.0 Å². The van der Waals surface area contributed by atoms with Gasteiger partial charge in [-0.15, -0.1) is 11.8 Å². The van der Waals surface area contributed by atoms with E-state index in [1.54, 1.807) is 18.2 Å². The zero-order chi connectivity index (χ0) is 22.4. The molecule has 3 aromatic carbocycles. The summed E-state index contributed by atoms with van der Waals surface area (Å²) in [6.45, 7) is 6.10. The number of benzene rings is 3. The average molecular weight is 437 g/mol. The number of rotatable bonds is 7. The zero-order valence-electron chi connectivity index (χ0n) is 17.7. The standard InChI is InChI=1S/C25H25FN2O2S/c1-16(2)18-8-10-19(11-9-18)27-24(29)17(3)31-21-14-12-20(13-15-21)28-25(30)22-6-4-5-7-23(22)26/h4-17H,1-3H3,(H,27,29)(H,28,30). The van der Waals surface area contributed by atoms with Gasteiger partial charge in [-0.05, 0) is 66.9 Å². The van der Waals surface area contributed by atoms with Crippen molar-refractivity contribution in [3.05, 3.63) is 89.7 Å². The van der Waals surface area contributed by atoms with Gasteiger partial charge in [0.15, 0.2) is 0 Å². The topological polar surface area (TPSA) is 58.2 Å². The Balaban J connectivity index is 1.55. The minimum atomic E-state index is -0.564. The first-order chi connectivity index (χ1) is 14.8. The van der Waals surface area contributed by atoms with Crippen molar-refractivity contribution in [1.82, 2.24) is 0 Å². The second-order valence-corrected chi connectivity index (χ2v) is 8.90. The fourth-order valence-corrected chi connectivity index (χ4v) is 3.78. The van der Waals surface area contributed by atoms with E-state index in [0.29, 0.717) is 11.6 Å². The van der Waals surface area contributed by atoms with Crippen LogP contribution in [0, 0.1) is 5.82 Å². The Kier molecular flexibility index (Phi) is 7.47. The van der Waals surface area contributed by atoms with E-state index in [1.165, 1.54) is 35.5 Å². The summed E-state index contributed by atoms with van der Waals surface area (Å²) in [4.78, 5) is 25.6. The van der Waals surface area contributed by atoms with E-state index in [1.807, 2.05) is 43.3 Å². The van der Waals surface area contributed by atoms with Gasteiger partial charge in [0.1, 0.15) is 5.82 Å². The van der Waals surface area contributed by atoms with Gasteiger partial charge < -0.3 is 10.6 Å². The molecule has 0 saturated carbocycles. The summed E-state index contributed by atoms with van der Waals surface area (Å²) in [6.07, 6.45) is 0. The quantitative estimate of drug-likeness (QED) is 0.426. The molecule has 0 bridgehead atoms. The third-order valence-corrected chi connectivity index (χ3v) is 5.87. The molecule has 3 aromatic rings. The molecule has 0 aliphatic rings. The van der Waals surface area contributed by atoms with Crippen molar-refractivity contribution in [2.24, 2.45) is 0 Å². The smallest absolute Gasteiger partial charge is 0.258 e. The lowest BCUT2D eigenvalue weighted by Crippen LogP contribution is -2.22. The Morgan fingerprint density at radius 3 is 2.00 bits per heavy atom. The maximum absolute atomic E-state index is 13.7. The first-order valence-electron chi connectivity index (χ1n) is 10.1. The molecule has 0 aliphatic heterocycles. The first kappa shape index (κ1) is 22.6. The van der Waals surface area contributed by atoms with E-state index < -0.39 is 11.7 Å². The maximum atomic E-state index is 13.7. The van der Waals surface area contributed by atoms with Crippen LogP contribution in [0.2, 0.25) is 0 Å². The number of hydrogen-bond donors (Lipinski definition) is 2. The largest absolute Gasteiger partial charge is 0.325 e. The molecule has 1 atom stereocenters. The molecule has 0 fully saturated rings. The van der Waals surface area contributed by atoms with Gasteiger partial charge in [-0.25, -0.2) is 4.39 Å². The summed E-state index contributed by atoms with van der Waals surface area (Å²) < 4.78 is 13.7. The predicted octanol–water partition coefficient (Wildman–Crippen LogP) is 6.32. The monoisotopic (exact) mass is 436 g/mol. The van der Waals surface area contributed by atoms with Crippen LogP contribution in [0.5, 0.6) is 0 Å². The number of halogens is 1. The highest BCUT2D eigenvalue weighted by Crippen LogP contribution is 2.26. The number of amides is 2. The molecule has 31 heavy (non-hydrogen) atoms. The molecule has 6 heteroatoms. The van der Waals surface area contributed by atoms with Crippen molar-refractivity contribution in [1.29, 1.82) is 0 Å². The predicted molar refractivity (Wildman–Crippen MR) is 125 cm³/mol. The number of carbonyl (C=O) groups excluding carboxylic acids is 2. The molecule has 0 aliphatic carbocycles. The minimum absolute atomic E-state index is 0.00679. The minimum Gasteiger partial charge on any atom is -0.325 e. The van der Waals surface area contributed by atoms with E-state index in [2.05, 4.69) is 24.5 Å². The van der Waals surface area contributed by atoms with Crippen molar-refractivity contribution in [3.63, 3.8) is 0 Å². The molecule has 0 spiro atoms. The van der Waals surface area contributed by atoms with Crippen LogP contribution in [0.25, 0.3) is 0 Å². The maximum Gasteiger partial charge on any atom is 0.258 e. The lowest BCUT2D eigenvalue weighted by Gasteiger charge is -2.13. The summed E-state index contributed by atoms with van der Waals surface area (Å²) >= 11 is 1.42. The highest BCUT2D eigenvalue weighted by Gasteiger charge is 2.15. The summed E-state index contributed by atoms with van der Waals surface area (Å²) in [5, 5.41) is 5.31. The highest BCUT2D eigenvalue weighted by atomic mass is 32.2. The molecule has 0 saturated heterocycles. The van der Waals surface area contributed by atoms with Crippen LogP contribution in [0.4, 0.5) is 15.8 Å². The summed E-state index contributed by atoms with van der Waals surface area (Å²) in [5.74, 6) is -0.710. The normalized spacial score (nSPS) is 11.8. The molecule has 0 radical (unpaired) electrons. The van der Waals surface area contributed by atoms with Crippen LogP contribution in [-0.2, 0) is 4.79 Å². The number of nitrogens with one attached hydrogen (secondary N) is 2. The van der Waals surface area contributed by atoms with E-state index in [4.69, 9.17) is 0 Å². The van der Waals surface area contributed by atoms with Crippen LogP contribution >= 0.6 is 11.8 Å². The molecular formula is C25H25FN2O2S. The Hall–Kier alpha value is -3.12. The van der Waals surface area contributed by atoms with E-state index in [0.717, 1.165) is 10.6 Å². The summed E-state index contributed by atoms with van der Waals surface area (Å²) in [5.41, 5.74) is 2.54. The highest BCUT2D eigenvalue weighted by molar-refractivity contribution is 8.00. The first-order valence-corrected chi connectivity index (χ1v) is 10.9. The molecule has 0 aromatic heterocycles. The fourth-order valence-electron chi connectivity index (χ4n) is 2.91. The Labute approximate surface area is 186 Å². The van der Waals surface area contributed by atoms with E-state index >= 15 is 0 Å². The van der Waals surface area contributed by atoms with Gasteiger partial charge >= 0.3 is 0 Å². The van der Waals surface area contributed by atoms with Gasteiger partial charge in [0.05, 0.1) is 10.8 Å². The van der Waals surface area contributed by atoms with Crippen molar-refractivity contribution in [2.75, 3.05) is 10.6 Å². The Morgan fingerprint density at radius 1 is 0.806 bits per heavy atom. The number of hydrogen-bond acceptors (Lipinski definition) is 3. The van der Waals surface area contributed by atoms with Crippen LogP contribution < -0.4 is 10.6 Å². The molecule has 3 rings (SSSR count). The molecule has 4 nitrogen and oxygen atoms in total. The lowest BCUT2D eigenvalue weighted by atomic mass is 10.0. The number of carbonyl (C=O) groups is 2. The number of thioether (sulfide) groups is 1. The second-order valence-electron chi connectivity index (χ2n) is 7.48. The van der Waals surface area contributed by atoms with Crippen LogP contribution in [0.3, 0.4) is 0 Å². The summed E-state index contributed by atoms with van der Waals surface area (Å²) in [6, 6.07) is 20.8. The molecule has 160 valence electrons. The third kappa shape index (κ3) is 6.18. The van der Waals surface area contributed by atoms with Gasteiger partial charge in [-0.3, -0.25) is 9.59 Å². The number of anilines is 2. The van der Waals surface area contributed by atoms with Gasteiger partial charge in [0.25, 0.3) is 5.91 Å². The second kappa shape index (κ2) is 10.3. The van der Waals surface area contributed by atoms with Gasteiger partial charge in [-0.2, -0.15) is 0 Å². The molecular weight excluding hydrogens is 411 g/mol. The Morgan fingerprint density at radius 2 is 1.39 bits per heavy atom. The average Bonchev–Trinajstić information content (AvgIpc) is 2.75. The molecule has 2 amide bonds. The van der Waals surface area contributed by atoms with Crippen molar-refractivity contribution in [2.45, 2.75) is 36.8 Å². The molecule has 0 heterocycles. The molecule has 1 unspecified atom stereocenters.